The average Bonchev–Trinajstić information content (AvgIpc) is 3.00. The number of carbonyl (C=O) groups excluding carboxylic acids is 2. The van der Waals surface area contributed by atoms with Gasteiger partial charge in [0.05, 0.1) is 22.3 Å². The van der Waals surface area contributed by atoms with E-state index in [-0.39, 0.29) is 50.6 Å². The van der Waals surface area contributed by atoms with Crippen LogP contribution in [-0.2, 0) is 20.9 Å². The van der Waals surface area contributed by atoms with Crippen LogP contribution in [0.4, 0.5) is 0 Å². The van der Waals surface area contributed by atoms with Crippen LogP contribution in [0.3, 0.4) is 0 Å². The average molecular weight is 705 g/mol. The van der Waals surface area contributed by atoms with Crippen molar-refractivity contribution in [3.63, 3.8) is 0 Å². The minimum absolute atomic E-state index is 0.00138. The van der Waals surface area contributed by atoms with Crippen molar-refractivity contribution in [1.29, 1.82) is 0 Å². The Balaban J connectivity index is 1.62. The van der Waals surface area contributed by atoms with Crippen molar-refractivity contribution in [2.75, 3.05) is 19.8 Å². The first-order valence-corrected chi connectivity index (χ1v) is 16.4. The fourth-order valence-corrected chi connectivity index (χ4v) is 6.72. The normalized spacial score (nSPS) is 25.6. The van der Waals surface area contributed by atoms with Gasteiger partial charge in [0.15, 0.2) is 0 Å². The number of hydrogen-bond acceptors (Lipinski definition) is 6. The van der Waals surface area contributed by atoms with Gasteiger partial charge in [-0.1, -0.05) is 69.7 Å². The van der Waals surface area contributed by atoms with E-state index >= 15 is 0 Å². The molecular formula is C34H45IN2O6. The molecule has 2 amide bonds. The number of aliphatic hydroxyl groups is 2. The molecule has 234 valence electrons. The molecule has 1 fully saturated rings. The second-order valence-electron chi connectivity index (χ2n) is 12.1. The molecule has 4 rings (SSSR count). The van der Waals surface area contributed by atoms with Gasteiger partial charge in [0, 0.05) is 25.1 Å². The number of hydrogen-bond donors (Lipinski definition) is 3. The number of nitrogens with zero attached hydrogens (tertiary/aromatic N) is 1. The third-order valence-corrected chi connectivity index (χ3v) is 9.50. The maximum absolute atomic E-state index is 14.1. The Labute approximate surface area is 269 Å². The highest BCUT2D eigenvalue weighted by molar-refractivity contribution is 14.1. The summed E-state index contributed by atoms with van der Waals surface area (Å²) in [5.41, 5.74) is 1.30. The highest BCUT2D eigenvalue weighted by atomic mass is 127. The van der Waals surface area contributed by atoms with Gasteiger partial charge < -0.3 is 29.9 Å². The van der Waals surface area contributed by atoms with Gasteiger partial charge in [-0.05, 0) is 77.0 Å². The molecule has 0 unspecified atom stereocenters. The molecule has 2 aliphatic rings. The fourth-order valence-electron chi connectivity index (χ4n) is 6.20. The molecule has 2 aromatic carbocycles. The number of benzene rings is 2. The summed E-state index contributed by atoms with van der Waals surface area (Å²) in [6.07, 6.45) is 2.97. The molecule has 0 aromatic heterocycles. The molecule has 0 aliphatic heterocycles. The zero-order valence-corrected chi connectivity index (χ0v) is 27.5. The molecule has 1 saturated carbocycles. The van der Waals surface area contributed by atoms with Crippen LogP contribution in [0.5, 0.6) is 5.75 Å². The van der Waals surface area contributed by atoms with Gasteiger partial charge in [-0.2, -0.15) is 0 Å². The number of amides is 2. The lowest BCUT2D eigenvalue weighted by Crippen LogP contribution is -2.55. The zero-order chi connectivity index (χ0) is 30.9. The van der Waals surface area contributed by atoms with Crippen molar-refractivity contribution in [2.24, 2.45) is 17.8 Å². The van der Waals surface area contributed by atoms with Crippen molar-refractivity contribution in [3.8, 4) is 5.75 Å². The predicted molar refractivity (Wildman–Crippen MR) is 174 cm³/mol. The first-order chi connectivity index (χ1) is 20.7. The molecule has 0 saturated heterocycles. The van der Waals surface area contributed by atoms with E-state index < -0.39 is 18.2 Å². The number of nitrogens with one attached hydrogen (secondary N) is 1. The van der Waals surface area contributed by atoms with Crippen LogP contribution in [0.2, 0.25) is 0 Å². The van der Waals surface area contributed by atoms with Gasteiger partial charge in [-0.25, -0.2) is 0 Å². The quantitative estimate of drug-likeness (QED) is 0.277. The summed E-state index contributed by atoms with van der Waals surface area (Å²) in [5.74, 6) is 1.37. The Bertz CT molecular complexity index is 1240. The number of para-hydroxylation sites is 1. The first-order valence-electron chi connectivity index (χ1n) is 15.3. The van der Waals surface area contributed by atoms with E-state index in [1.165, 1.54) is 6.42 Å². The number of halogens is 1. The Morgan fingerprint density at radius 2 is 1.81 bits per heavy atom. The van der Waals surface area contributed by atoms with Crippen molar-refractivity contribution in [2.45, 2.75) is 77.4 Å². The summed E-state index contributed by atoms with van der Waals surface area (Å²) < 4.78 is 13.5. The van der Waals surface area contributed by atoms with Gasteiger partial charge >= 0.3 is 0 Å². The second-order valence-corrected chi connectivity index (χ2v) is 13.3. The van der Waals surface area contributed by atoms with Gasteiger partial charge in [-0.3, -0.25) is 9.59 Å². The van der Waals surface area contributed by atoms with Gasteiger partial charge in [0.25, 0.3) is 0 Å². The molecule has 2 aliphatic carbocycles. The minimum Gasteiger partial charge on any atom is -0.482 e. The van der Waals surface area contributed by atoms with Crippen LogP contribution < -0.4 is 10.1 Å². The Kier molecular flexibility index (Phi) is 12.4. The van der Waals surface area contributed by atoms with Crippen molar-refractivity contribution < 1.29 is 29.3 Å². The molecule has 2 aromatic rings. The highest BCUT2D eigenvalue weighted by Crippen LogP contribution is 2.36. The maximum Gasteiger partial charge on any atom is 0.249 e. The van der Waals surface area contributed by atoms with E-state index in [1.54, 1.807) is 11.0 Å². The van der Waals surface area contributed by atoms with E-state index in [2.05, 4.69) is 48.7 Å². The van der Waals surface area contributed by atoms with E-state index in [0.717, 1.165) is 22.0 Å². The van der Waals surface area contributed by atoms with E-state index in [4.69, 9.17) is 9.47 Å². The third-order valence-electron chi connectivity index (χ3n) is 8.61. The van der Waals surface area contributed by atoms with Crippen molar-refractivity contribution >= 4 is 34.4 Å². The first kappa shape index (κ1) is 33.4. The summed E-state index contributed by atoms with van der Waals surface area (Å²) in [5, 5.41) is 23.7. The van der Waals surface area contributed by atoms with Crippen molar-refractivity contribution in [1.82, 2.24) is 10.2 Å². The molecule has 0 radical (unpaired) electrons. The van der Waals surface area contributed by atoms with Crippen LogP contribution in [0, 0.1) is 21.3 Å². The van der Waals surface area contributed by atoms with Gasteiger partial charge in [0.2, 0.25) is 11.8 Å². The summed E-state index contributed by atoms with van der Waals surface area (Å²) in [7, 11) is 0. The Hall–Kier alpha value is -2.47. The Morgan fingerprint density at radius 1 is 1.09 bits per heavy atom. The summed E-state index contributed by atoms with van der Waals surface area (Å²) >= 11 is 2.17. The smallest absolute Gasteiger partial charge is 0.249 e. The lowest BCUT2D eigenvalue weighted by molar-refractivity contribution is -0.149. The van der Waals surface area contributed by atoms with Crippen molar-refractivity contribution in [3.05, 3.63) is 75.4 Å². The molecule has 0 heterocycles. The molecule has 0 spiro atoms. The fraction of sp³-hybridized carbons (Fsp3) is 0.529. The molecule has 6 atom stereocenters. The van der Waals surface area contributed by atoms with Gasteiger partial charge in [0.1, 0.15) is 24.6 Å². The molecule has 9 heteroatoms. The number of aliphatic hydroxyl groups excluding tert-OH is 2. The summed E-state index contributed by atoms with van der Waals surface area (Å²) in [4.78, 5) is 28.8. The SMILES string of the molecule is CC(C)[C@H]1CC[C@H](C)C[C@@H]1OCC(=O)N(Cc1ccccc1)[C@@H]1CC(C(=O)NCCO)=C[C@H](Oc2ccccc2I)[C@H]1O. The highest BCUT2D eigenvalue weighted by Gasteiger charge is 2.41. The molecule has 8 nitrogen and oxygen atoms in total. The lowest BCUT2D eigenvalue weighted by atomic mass is 9.75. The summed E-state index contributed by atoms with van der Waals surface area (Å²) in [6.45, 7) is 6.71. The largest absolute Gasteiger partial charge is 0.482 e. The van der Waals surface area contributed by atoms with E-state index in [0.29, 0.717) is 29.1 Å². The minimum atomic E-state index is -1.10. The molecule has 0 bridgehead atoms. The second kappa shape index (κ2) is 16.0. The molecular weight excluding hydrogens is 659 g/mol. The Morgan fingerprint density at radius 3 is 2.51 bits per heavy atom. The van der Waals surface area contributed by atoms with Crippen LogP contribution >= 0.6 is 22.6 Å². The maximum atomic E-state index is 14.1. The predicted octanol–water partition coefficient (Wildman–Crippen LogP) is 4.71. The van der Waals surface area contributed by atoms with E-state index in [9.17, 15) is 19.8 Å². The van der Waals surface area contributed by atoms with Crippen LogP contribution in [0.1, 0.15) is 52.0 Å². The lowest BCUT2D eigenvalue weighted by Gasteiger charge is -2.41. The molecule has 43 heavy (non-hydrogen) atoms. The van der Waals surface area contributed by atoms with Crippen LogP contribution in [0.15, 0.2) is 66.2 Å². The number of rotatable bonds is 12. The topological polar surface area (TPSA) is 108 Å². The molecule has 3 N–H and O–H groups in total. The third kappa shape index (κ3) is 9.03. The number of carbonyl (C=O) groups is 2. The standard InChI is InChI=1S/C34H45IN2O6/c1-22(2)26-14-13-23(3)17-30(26)42-21-32(39)37(20-24-9-5-4-6-10-24)28-18-25(34(41)36-15-16-38)19-31(33(28)40)43-29-12-8-7-11-27(29)35/h4-12,19,22-23,26,28,30-31,33,38,40H,13-18,20-21H2,1-3H3,(H,36,41)/t23-,26+,28+,30-,31-,33-/m0/s1. The monoisotopic (exact) mass is 704 g/mol. The van der Waals surface area contributed by atoms with Crippen LogP contribution in [0.25, 0.3) is 0 Å². The van der Waals surface area contributed by atoms with E-state index in [1.807, 2.05) is 54.6 Å². The van der Waals surface area contributed by atoms with Crippen LogP contribution in [-0.4, -0.2) is 71.0 Å². The van der Waals surface area contributed by atoms with Gasteiger partial charge in [-0.15, -0.1) is 0 Å². The zero-order valence-electron chi connectivity index (χ0n) is 25.3. The summed E-state index contributed by atoms with van der Waals surface area (Å²) in [6, 6.07) is 16.4. The number of ether oxygens (including phenoxy) is 2.